The number of rotatable bonds is 4. The van der Waals surface area contributed by atoms with Crippen molar-refractivity contribution in [3.63, 3.8) is 0 Å². The van der Waals surface area contributed by atoms with Gasteiger partial charge in [0.2, 0.25) is 5.88 Å². The highest BCUT2D eigenvalue weighted by molar-refractivity contribution is 6.31. The second-order valence-electron chi connectivity index (χ2n) is 6.93. The summed E-state index contributed by atoms with van der Waals surface area (Å²) in [7, 11) is 0. The van der Waals surface area contributed by atoms with Gasteiger partial charge in [-0.2, -0.15) is 9.61 Å². The van der Waals surface area contributed by atoms with E-state index in [1.165, 1.54) is 12.1 Å². The summed E-state index contributed by atoms with van der Waals surface area (Å²) in [6.07, 6.45) is 5.15. The van der Waals surface area contributed by atoms with E-state index in [4.69, 9.17) is 11.6 Å². The van der Waals surface area contributed by atoms with Crippen LogP contribution in [-0.2, 0) is 0 Å². The third-order valence-corrected chi connectivity index (χ3v) is 4.86. The van der Waals surface area contributed by atoms with Gasteiger partial charge in [-0.25, -0.2) is 14.2 Å². The summed E-state index contributed by atoms with van der Waals surface area (Å²) in [5, 5.41) is 17.9. The van der Waals surface area contributed by atoms with Crippen molar-refractivity contribution in [1.82, 2.24) is 24.6 Å². The number of nitrogens with zero attached hydrogens (tertiary/aromatic N) is 4. The Morgan fingerprint density at radius 2 is 2.17 bits per heavy atom. The van der Waals surface area contributed by atoms with Crippen molar-refractivity contribution in [2.75, 3.05) is 5.32 Å². The Bertz CT molecular complexity index is 1450. The summed E-state index contributed by atoms with van der Waals surface area (Å²) >= 11 is 5.87. The number of aromatic nitrogens is 5. The number of fused-ring (bicyclic) bond motifs is 1. The van der Waals surface area contributed by atoms with Crippen molar-refractivity contribution in [3.8, 4) is 5.88 Å². The molecule has 1 aliphatic carbocycles. The van der Waals surface area contributed by atoms with Gasteiger partial charge in [0.25, 0.3) is 0 Å². The molecule has 11 heteroatoms. The van der Waals surface area contributed by atoms with E-state index in [-0.39, 0.29) is 22.6 Å². The molecule has 0 radical (unpaired) electrons. The van der Waals surface area contributed by atoms with E-state index in [1.807, 2.05) is 0 Å². The first kappa shape index (κ1) is 18.4. The largest absolute Gasteiger partial charge is 0.493 e. The Labute approximate surface area is 172 Å². The van der Waals surface area contributed by atoms with Crippen LogP contribution in [0.3, 0.4) is 0 Å². The zero-order chi connectivity index (χ0) is 20.8. The number of aromatic amines is 2. The number of hydrogen-bond acceptors (Lipinski definition) is 6. The Morgan fingerprint density at radius 3 is 2.87 bits per heavy atom. The molecule has 0 bridgehead atoms. The van der Waals surface area contributed by atoms with Crippen LogP contribution in [0.4, 0.5) is 15.9 Å². The fourth-order valence-electron chi connectivity index (χ4n) is 2.98. The second-order valence-corrected chi connectivity index (χ2v) is 7.34. The number of anilines is 2. The average molecular weight is 428 g/mol. The number of aromatic hydroxyl groups is 1. The smallest absolute Gasteiger partial charge is 0.326 e. The minimum Gasteiger partial charge on any atom is -0.493 e. The number of benzene rings is 1. The normalized spacial score (nSPS) is 15.3. The fourth-order valence-corrected chi connectivity index (χ4v) is 3.16. The molecule has 0 unspecified atom stereocenters. The summed E-state index contributed by atoms with van der Waals surface area (Å²) in [5.41, 5.74) is 1.32. The van der Waals surface area contributed by atoms with Crippen LogP contribution in [0.25, 0.3) is 11.7 Å². The topological polar surface area (TPSA) is 123 Å². The number of halogens is 2. The van der Waals surface area contributed by atoms with Gasteiger partial charge in [0, 0.05) is 17.0 Å². The van der Waals surface area contributed by atoms with Crippen LogP contribution in [0.5, 0.6) is 5.88 Å². The van der Waals surface area contributed by atoms with Gasteiger partial charge >= 0.3 is 5.69 Å². The Kier molecular flexibility index (Phi) is 4.28. The molecular formula is C19H15ClFN7O2. The van der Waals surface area contributed by atoms with Gasteiger partial charge in [-0.05, 0) is 37.1 Å². The Morgan fingerprint density at radius 1 is 1.33 bits per heavy atom. The lowest BCUT2D eigenvalue weighted by atomic mass is 10.3. The molecule has 3 aromatic heterocycles. The van der Waals surface area contributed by atoms with Crippen molar-refractivity contribution in [2.45, 2.75) is 18.9 Å². The summed E-state index contributed by atoms with van der Waals surface area (Å²) in [4.78, 5) is 25.4. The molecule has 0 spiro atoms. The molecule has 1 aliphatic rings. The molecule has 1 saturated carbocycles. The Hall–Kier alpha value is -3.66. The van der Waals surface area contributed by atoms with Crippen LogP contribution in [0, 0.1) is 5.82 Å². The maximum atomic E-state index is 13.5. The van der Waals surface area contributed by atoms with Crippen LogP contribution < -0.4 is 21.7 Å². The van der Waals surface area contributed by atoms with Gasteiger partial charge in [0.1, 0.15) is 17.3 Å². The van der Waals surface area contributed by atoms with Crippen molar-refractivity contribution in [3.05, 3.63) is 68.2 Å². The zero-order valence-electron chi connectivity index (χ0n) is 15.4. The summed E-state index contributed by atoms with van der Waals surface area (Å²) in [6, 6.07) is 6.27. The minimum atomic E-state index is -0.525. The summed E-state index contributed by atoms with van der Waals surface area (Å²) in [6.45, 7) is 0. The highest BCUT2D eigenvalue weighted by atomic mass is 35.5. The molecule has 4 aromatic rings. The number of imidazole rings is 1. The SMILES string of the molecule is O=c1[nH]c(O)c(C=c2cnn3c(=NC4CC4)cc(Nc4ccc(F)c(Cl)c4)nc23)[nH]1. The standard InChI is InChI=1S/C19H15ClFN7O2/c20-12-6-11(3-4-13(12)21)23-15-7-16(24-10-1-2-10)28-17(26-15)9(8-22-28)5-14-18(29)27-19(30)25-14/h3-8,10,23,29H,1-2H2,(H2,25,27,30). The maximum Gasteiger partial charge on any atom is 0.326 e. The molecule has 1 aromatic carbocycles. The van der Waals surface area contributed by atoms with Gasteiger partial charge < -0.3 is 15.4 Å². The molecule has 5 rings (SSSR count). The maximum absolute atomic E-state index is 13.5. The van der Waals surface area contributed by atoms with Gasteiger partial charge in [-0.3, -0.25) is 9.98 Å². The highest BCUT2D eigenvalue weighted by Crippen LogP contribution is 2.23. The van der Waals surface area contributed by atoms with Crippen molar-refractivity contribution >= 4 is 34.8 Å². The Balaban J connectivity index is 1.67. The molecule has 9 nitrogen and oxygen atoms in total. The van der Waals surface area contributed by atoms with E-state index in [2.05, 4.69) is 30.4 Å². The zero-order valence-corrected chi connectivity index (χ0v) is 16.1. The monoisotopic (exact) mass is 427 g/mol. The van der Waals surface area contributed by atoms with E-state index >= 15 is 0 Å². The number of nitrogens with one attached hydrogen (secondary N) is 3. The van der Waals surface area contributed by atoms with E-state index in [0.717, 1.165) is 12.8 Å². The first-order valence-corrected chi connectivity index (χ1v) is 9.52. The molecule has 0 aliphatic heterocycles. The predicted octanol–water partition coefficient (Wildman–Crippen LogP) is 1.60. The van der Waals surface area contributed by atoms with Gasteiger partial charge in [0.15, 0.2) is 11.1 Å². The van der Waals surface area contributed by atoms with Crippen LogP contribution in [0.1, 0.15) is 18.5 Å². The average Bonchev–Trinajstić information content (AvgIpc) is 3.34. The molecule has 0 amide bonds. The summed E-state index contributed by atoms with van der Waals surface area (Å²) < 4.78 is 15.1. The lowest BCUT2D eigenvalue weighted by Gasteiger charge is -2.07. The lowest BCUT2D eigenvalue weighted by Crippen LogP contribution is -2.19. The van der Waals surface area contributed by atoms with E-state index < -0.39 is 11.5 Å². The van der Waals surface area contributed by atoms with Gasteiger partial charge in [-0.15, -0.1) is 0 Å². The molecule has 30 heavy (non-hydrogen) atoms. The third kappa shape index (κ3) is 3.52. The van der Waals surface area contributed by atoms with E-state index in [9.17, 15) is 14.3 Å². The molecule has 3 heterocycles. The quantitative estimate of drug-likeness (QED) is 0.394. The van der Waals surface area contributed by atoms with E-state index in [0.29, 0.717) is 27.9 Å². The van der Waals surface area contributed by atoms with Crippen molar-refractivity contribution in [2.24, 2.45) is 4.99 Å². The third-order valence-electron chi connectivity index (χ3n) is 4.57. The molecule has 1 fully saturated rings. The van der Waals surface area contributed by atoms with Crippen LogP contribution in [-0.4, -0.2) is 35.7 Å². The minimum absolute atomic E-state index is 0.00534. The van der Waals surface area contributed by atoms with Crippen LogP contribution in [0.2, 0.25) is 5.02 Å². The predicted molar refractivity (Wildman–Crippen MR) is 108 cm³/mol. The molecular weight excluding hydrogens is 413 g/mol. The van der Waals surface area contributed by atoms with E-state index in [1.54, 1.807) is 28.9 Å². The second kappa shape index (κ2) is 6.99. The lowest BCUT2D eigenvalue weighted by molar-refractivity contribution is 0.454. The highest BCUT2D eigenvalue weighted by Gasteiger charge is 2.20. The number of hydrogen-bond donors (Lipinski definition) is 4. The van der Waals surface area contributed by atoms with Gasteiger partial charge in [-0.1, -0.05) is 11.6 Å². The van der Waals surface area contributed by atoms with Crippen LogP contribution in [0.15, 0.2) is 40.2 Å². The first-order chi connectivity index (χ1) is 14.5. The summed E-state index contributed by atoms with van der Waals surface area (Å²) in [5.74, 6) is -0.327. The molecule has 0 saturated heterocycles. The first-order valence-electron chi connectivity index (χ1n) is 9.14. The molecule has 4 N–H and O–H groups in total. The van der Waals surface area contributed by atoms with Crippen molar-refractivity contribution in [1.29, 1.82) is 0 Å². The van der Waals surface area contributed by atoms with Crippen LogP contribution >= 0.6 is 11.6 Å². The molecule has 0 atom stereocenters. The van der Waals surface area contributed by atoms with Crippen molar-refractivity contribution < 1.29 is 9.50 Å². The fraction of sp³-hybridized carbons (Fsp3) is 0.158. The van der Waals surface area contributed by atoms with Gasteiger partial charge in [0.05, 0.1) is 17.3 Å². The number of H-pyrrole nitrogens is 2. The molecule has 152 valence electrons.